The van der Waals surface area contributed by atoms with E-state index in [0.717, 1.165) is 5.56 Å². The van der Waals surface area contributed by atoms with E-state index >= 15 is 0 Å². The van der Waals surface area contributed by atoms with Crippen LogP contribution in [0.25, 0.3) is 0 Å². The first-order valence-electron chi connectivity index (χ1n) is 12.5. The van der Waals surface area contributed by atoms with Crippen molar-refractivity contribution in [3.8, 4) is 11.5 Å². The maximum absolute atomic E-state index is 13.9. The Kier molecular flexibility index (Phi) is 7.33. The summed E-state index contributed by atoms with van der Waals surface area (Å²) in [5, 5.41) is 5.95. The van der Waals surface area contributed by atoms with Gasteiger partial charge in [0, 0.05) is 12.6 Å². The van der Waals surface area contributed by atoms with Gasteiger partial charge in [-0.25, -0.2) is 4.79 Å². The van der Waals surface area contributed by atoms with Gasteiger partial charge in [0.25, 0.3) is 5.91 Å². The number of urea groups is 1. The zero-order valence-electron chi connectivity index (χ0n) is 21.4. The molecule has 2 aromatic rings. The number of rotatable bonds is 8. The Labute approximate surface area is 212 Å². The van der Waals surface area contributed by atoms with Crippen LogP contribution in [0.15, 0.2) is 65.9 Å². The second-order valence-corrected chi connectivity index (χ2v) is 9.76. The molecular formula is C28H34N4O4. The molecule has 0 unspecified atom stereocenters. The average Bonchev–Trinajstić information content (AvgIpc) is 3.15. The second-order valence-electron chi connectivity index (χ2n) is 9.76. The van der Waals surface area contributed by atoms with Gasteiger partial charge in [-0.05, 0) is 56.5 Å². The van der Waals surface area contributed by atoms with Gasteiger partial charge in [0.1, 0.15) is 17.5 Å². The normalized spacial score (nSPS) is 18.5. The summed E-state index contributed by atoms with van der Waals surface area (Å²) in [6.07, 6.45) is 0. The summed E-state index contributed by atoms with van der Waals surface area (Å²) in [6.45, 7) is 10.1. The summed E-state index contributed by atoms with van der Waals surface area (Å²) in [6, 6.07) is 15.2. The van der Waals surface area contributed by atoms with E-state index < -0.39 is 12.1 Å². The molecule has 2 heterocycles. The third-order valence-corrected chi connectivity index (χ3v) is 6.40. The molecule has 0 aromatic heterocycles. The highest BCUT2D eigenvalue weighted by atomic mass is 16.5. The summed E-state index contributed by atoms with van der Waals surface area (Å²) in [5.41, 5.74) is 1.88. The summed E-state index contributed by atoms with van der Waals surface area (Å²) in [4.78, 5) is 43.2. The molecule has 2 aliphatic rings. The van der Waals surface area contributed by atoms with Crippen molar-refractivity contribution in [1.29, 1.82) is 0 Å². The van der Waals surface area contributed by atoms with E-state index in [1.807, 2.05) is 89.2 Å². The molecule has 0 saturated heterocycles. The quantitative estimate of drug-likeness (QED) is 0.580. The number of benzene rings is 2. The molecule has 36 heavy (non-hydrogen) atoms. The third kappa shape index (κ3) is 4.94. The van der Waals surface area contributed by atoms with Gasteiger partial charge in [-0.1, -0.05) is 44.2 Å². The number of hydrogen-bond donors (Lipinski definition) is 2. The van der Waals surface area contributed by atoms with E-state index in [2.05, 4.69) is 10.6 Å². The first kappa shape index (κ1) is 25.3. The number of amides is 4. The summed E-state index contributed by atoms with van der Waals surface area (Å²) >= 11 is 0. The van der Waals surface area contributed by atoms with Gasteiger partial charge in [-0.15, -0.1) is 0 Å². The topological polar surface area (TPSA) is 91.0 Å². The molecule has 0 spiro atoms. The van der Waals surface area contributed by atoms with Gasteiger partial charge in [0.2, 0.25) is 5.91 Å². The van der Waals surface area contributed by atoms with Crippen LogP contribution in [-0.2, 0) is 9.59 Å². The van der Waals surface area contributed by atoms with E-state index in [-0.39, 0.29) is 36.3 Å². The number of ether oxygens (including phenoxy) is 1. The van der Waals surface area contributed by atoms with Crippen molar-refractivity contribution in [1.82, 2.24) is 20.4 Å². The lowest BCUT2D eigenvalue weighted by Crippen LogP contribution is -2.52. The Hall–Kier alpha value is -3.81. The number of carbonyl (C=O) groups excluding carboxylic acids is 3. The molecule has 0 saturated carbocycles. The Bertz CT molecular complexity index is 1180. The minimum Gasteiger partial charge on any atom is -0.457 e. The van der Waals surface area contributed by atoms with Crippen LogP contribution in [0.4, 0.5) is 4.79 Å². The third-order valence-electron chi connectivity index (χ3n) is 6.40. The largest absolute Gasteiger partial charge is 0.457 e. The van der Waals surface area contributed by atoms with Crippen molar-refractivity contribution in [3.05, 3.63) is 71.4 Å². The van der Waals surface area contributed by atoms with Crippen LogP contribution in [0.3, 0.4) is 0 Å². The highest BCUT2D eigenvalue weighted by Gasteiger charge is 2.47. The van der Waals surface area contributed by atoms with Crippen LogP contribution < -0.4 is 15.4 Å². The zero-order chi connectivity index (χ0) is 26.0. The molecule has 0 fully saturated rings. The van der Waals surface area contributed by atoms with Crippen molar-refractivity contribution >= 4 is 17.8 Å². The molecule has 2 aromatic carbocycles. The van der Waals surface area contributed by atoms with Crippen LogP contribution in [0.1, 0.15) is 46.2 Å². The number of nitrogens with one attached hydrogen (secondary N) is 2. The van der Waals surface area contributed by atoms with Gasteiger partial charge < -0.3 is 20.3 Å². The van der Waals surface area contributed by atoms with E-state index in [4.69, 9.17) is 4.74 Å². The average molecular weight is 491 g/mol. The highest BCUT2D eigenvalue weighted by molar-refractivity contribution is 6.03. The Morgan fingerprint density at radius 3 is 2.39 bits per heavy atom. The molecule has 190 valence electrons. The zero-order valence-corrected chi connectivity index (χ0v) is 21.4. The van der Waals surface area contributed by atoms with Crippen LogP contribution in [-0.4, -0.2) is 52.8 Å². The van der Waals surface area contributed by atoms with E-state index in [1.165, 1.54) is 0 Å². The van der Waals surface area contributed by atoms with Crippen molar-refractivity contribution in [2.45, 2.75) is 52.7 Å². The van der Waals surface area contributed by atoms with Gasteiger partial charge in [-0.2, -0.15) is 0 Å². The van der Waals surface area contributed by atoms with E-state index in [0.29, 0.717) is 29.3 Å². The second kappa shape index (κ2) is 10.4. The smallest absolute Gasteiger partial charge is 0.322 e. The molecule has 8 nitrogen and oxygen atoms in total. The molecule has 4 amide bonds. The lowest BCUT2D eigenvalue weighted by Gasteiger charge is -2.33. The van der Waals surface area contributed by atoms with Crippen molar-refractivity contribution in [2.24, 2.45) is 5.92 Å². The Balaban J connectivity index is 1.69. The summed E-state index contributed by atoms with van der Waals surface area (Å²) in [7, 11) is 0. The summed E-state index contributed by atoms with van der Waals surface area (Å²) < 4.78 is 5.99. The maximum atomic E-state index is 13.9. The van der Waals surface area contributed by atoms with Gasteiger partial charge in [0.05, 0.1) is 23.9 Å². The van der Waals surface area contributed by atoms with Gasteiger partial charge in [-0.3, -0.25) is 14.5 Å². The predicted octanol–water partition coefficient (Wildman–Crippen LogP) is 4.21. The minimum atomic E-state index is -0.646. The monoisotopic (exact) mass is 490 g/mol. The number of hydrogen-bond acceptors (Lipinski definition) is 4. The molecule has 2 aliphatic heterocycles. The molecule has 2 atom stereocenters. The van der Waals surface area contributed by atoms with Crippen molar-refractivity contribution in [2.75, 3.05) is 13.1 Å². The molecular weight excluding hydrogens is 456 g/mol. The number of likely N-dealkylation sites (N-methyl/N-ethyl adjacent to an activating group) is 1. The van der Waals surface area contributed by atoms with Crippen molar-refractivity contribution < 1.29 is 19.1 Å². The molecule has 4 rings (SSSR count). The van der Waals surface area contributed by atoms with E-state index in [9.17, 15) is 14.4 Å². The van der Waals surface area contributed by atoms with E-state index in [1.54, 1.807) is 9.80 Å². The first-order valence-corrected chi connectivity index (χ1v) is 12.5. The number of para-hydroxylation sites is 1. The van der Waals surface area contributed by atoms with Crippen molar-refractivity contribution in [3.63, 3.8) is 0 Å². The standard InChI is InChI=1S/C28H34N4O4/c1-6-31-22-16-32(25(17(2)3)26(33)29-18(4)5)27(34)23(22)24(30-28(31)35)19-11-10-14-21(15-19)36-20-12-8-7-9-13-20/h7-15,17-18,24-25H,6,16H2,1-5H3,(H,29,33)(H,30,35)/t24-,25-/m1/s1. The fourth-order valence-corrected chi connectivity index (χ4v) is 4.88. The molecule has 2 N–H and O–H groups in total. The predicted molar refractivity (Wildman–Crippen MR) is 137 cm³/mol. The SMILES string of the molecule is CCN1C(=O)N[C@H](c2cccc(Oc3ccccc3)c2)C2=C1CN([C@@H](C(=O)NC(C)C)C(C)C)C2=O. The van der Waals surface area contributed by atoms with Crippen LogP contribution >= 0.6 is 0 Å². The molecule has 0 bridgehead atoms. The minimum absolute atomic E-state index is 0.0467. The number of nitrogens with zero attached hydrogens (tertiary/aromatic N) is 2. The van der Waals surface area contributed by atoms with Crippen LogP contribution in [0.2, 0.25) is 0 Å². The summed E-state index contributed by atoms with van der Waals surface area (Å²) in [5.74, 6) is 0.768. The molecule has 0 aliphatic carbocycles. The number of carbonyl (C=O) groups is 3. The fraction of sp³-hybridized carbons (Fsp3) is 0.393. The lowest BCUT2D eigenvalue weighted by atomic mass is 9.95. The lowest BCUT2D eigenvalue weighted by molar-refractivity contribution is -0.138. The van der Waals surface area contributed by atoms with Gasteiger partial charge in [0.15, 0.2) is 0 Å². The van der Waals surface area contributed by atoms with Gasteiger partial charge >= 0.3 is 6.03 Å². The maximum Gasteiger partial charge on any atom is 0.322 e. The van der Waals surface area contributed by atoms with Crippen LogP contribution in [0, 0.1) is 5.92 Å². The Morgan fingerprint density at radius 1 is 1.06 bits per heavy atom. The first-order chi connectivity index (χ1) is 17.2. The Morgan fingerprint density at radius 2 is 1.75 bits per heavy atom. The molecule has 0 radical (unpaired) electrons. The fourth-order valence-electron chi connectivity index (χ4n) is 4.88. The molecule has 8 heteroatoms. The van der Waals surface area contributed by atoms with Crippen LogP contribution in [0.5, 0.6) is 11.5 Å². The highest BCUT2D eigenvalue weighted by Crippen LogP contribution is 2.38.